The van der Waals surface area contributed by atoms with Crippen LogP contribution in [0.5, 0.6) is 0 Å². The molecule has 2 aliphatic rings. The molecule has 0 radical (unpaired) electrons. The van der Waals surface area contributed by atoms with Crippen molar-refractivity contribution in [2.24, 2.45) is 0 Å². The van der Waals surface area contributed by atoms with Crippen LogP contribution in [0.3, 0.4) is 0 Å². The maximum Gasteiger partial charge on any atom is 0.251 e. The zero-order chi connectivity index (χ0) is 26.9. The molecule has 4 heteroatoms. The fourth-order valence-electron chi connectivity index (χ4n) is 6.66. The van der Waals surface area contributed by atoms with Crippen molar-refractivity contribution in [1.82, 2.24) is 15.1 Å². The van der Waals surface area contributed by atoms with Crippen LogP contribution in [0.25, 0.3) is 0 Å². The Bertz CT molecular complexity index is 1030. The summed E-state index contributed by atoms with van der Waals surface area (Å²) in [7, 11) is 0. The van der Waals surface area contributed by atoms with Crippen molar-refractivity contribution in [1.29, 1.82) is 0 Å². The first kappa shape index (κ1) is 28.6. The number of rotatable bonds is 10. The zero-order valence-corrected chi connectivity index (χ0v) is 24.0. The van der Waals surface area contributed by atoms with E-state index in [2.05, 4.69) is 84.9 Å². The molecule has 1 aliphatic heterocycles. The molecule has 3 atom stereocenters. The Hall–Kier alpha value is -2.43. The monoisotopic (exact) mass is 515 g/mol. The van der Waals surface area contributed by atoms with Gasteiger partial charge in [0.25, 0.3) is 5.91 Å². The van der Waals surface area contributed by atoms with E-state index in [0.29, 0.717) is 18.1 Å². The molecular formula is C34H49N3O. The van der Waals surface area contributed by atoms with Gasteiger partial charge in [0, 0.05) is 43.3 Å². The average Bonchev–Trinajstić information content (AvgIpc) is 3.13. The molecule has 4 nitrogen and oxygen atoms in total. The van der Waals surface area contributed by atoms with E-state index in [1.54, 1.807) is 0 Å². The SMILES string of the molecule is C=CCN1C(CC)CCN(C(c2ccc(C(=O)NC3CCCCC3)cc2)c2cccc(CC)c2)CC1CC. The number of carbonyl (C=O) groups is 1. The number of aryl methyl sites for hydroxylation is 1. The molecule has 38 heavy (non-hydrogen) atoms. The smallest absolute Gasteiger partial charge is 0.251 e. The highest BCUT2D eigenvalue weighted by Crippen LogP contribution is 2.33. The van der Waals surface area contributed by atoms with E-state index in [1.165, 1.54) is 42.4 Å². The third-order valence-corrected chi connectivity index (χ3v) is 8.88. The fourth-order valence-corrected chi connectivity index (χ4v) is 6.66. The van der Waals surface area contributed by atoms with Crippen LogP contribution in [0, 0.1) is 0 Å². The van der Waals surface area contributed by atoms with Gasteiger partial charge in [-0.1, -0.05) is 82.5 Å². The second kappa shape index (κ2) is 14.1. The molecule has 0 aromatic heterocycles. The van der Waals surface area contributed by atoms with Gasteiger partial charge in [-0.15, -0.1) is 6.58 Å². The Balaban J connectivity index is 1.63. The molecule has 4 rings (SSSR count). The summed E-state index contributed by atoms with van der Waals surface area (Å²) in [6, 6.07) is 19.2. The summed E-state index contributed by atoms with van der Waals surface area (Å²) >= 11 is 0. The number of amides is 1. The Kier molecular flexibility index (Phi) is 10.6. The second-order valence-electron chi connectivity index (χ2n) is 11.3. The first-order valence-corrected chi connectivity index (χ1v) is 15.2. The van der Waals surface area contributed by atoms with Gasteiger partial charge < -0.3 is 5.32 Å². The van der Waals surface area contributed by atoms with Gasteiger partial charge in [0.15, 0.2) is 0 Å². The Morgan fingerprint density at radius 2 is 1.71 bits per heavy atom. The van der Waals surface area contributed by atoms with Crippen LogP contribution < -0.4 is 5.32 Å². The third kappa shape index (κ3) is 6.95. The minimum Gasteiger partial charge on any atom is -0.349 e. The highest BCUT2D eigenvalue weighted by atomic mass is 16.1. The van der Waals surface area contributed by atoms with Crippen LogP contribution in [0.2, 0.25) is 0 Å². The number of nitrogens with zero attached hydrogens (tertiary/aromatic N) is 2. The highest BCUT2D eigenvalue weighted by Gasteiger charge is 2.33. The standard InChI is InChI=1S/C34H49N3O/c1-5-22-37-31(7-3)21-23-36(25-32(37)8-4)33(29-14-12-13-26(6-2)24-29)27-17-19-28(20-18-27)34(38)35-30-15-10-9-11-16-30/h5,12-14,17-20,24,30-33H,1,6-11,15-16,21-23,25H2,2-4H3,(H,35,38). The lowest BCUT2D eigenvalue weighted by atomic mass is 9.93. The second-order valence-corrected chi connectivity index (χ2v) is 11.3. The molecule has 0 spiro atoms. The summed E-state index contributed by atoms with van der Waals surface area (Å²) in [4.78, 5) is 18.4. The Morgan fingerprint density at radius 3 is 2.37 bits per heavy atom. The Morgan fingerprint density at radius 1 is 0.974 bits per heavy atom. The number of carbonyl (C=O) groups excluding carboxylic acids is 1. The van der Waals surface area contributed by atoms with E-state index in [-0.39, 0.29) is 11.9 Å². The first-order chi connectivity index (χ1) is 18.6. The summed E-state index contributed by atoms with van der Waals surface area (Å²) < 4.78 is 0. The number of nitrogens with one attached hydrogen (secondary N) is 1. The summed E-state index contributed by atoms with van der Waals surface area (Å²) in [5.74, 6) is 0.0691. The van der Waals surface area contributed by atoms with E-state index in [0.717, 1.165) is 57.3 Å². The first-order valence-electron chi connectivity index (χ1n) is 15.2. The van der Waals surface area contributed by atoms with Gasteiger partial charge in [-0.25, -0.2) is 0 Å². The van der Waals surface area contributed by atoms with E-state index >= 15 is 0 Å². The molecule has 2 aromatic rings. The maximum atomic E-state index is 13.0. The minimum atomic E-state index is 0.0691. The number of hydrogen-bond acceptors (Lipinski definition) is 3. The summed E-state index contributed by atoms with van der Waals surface area (Å²) in [6.07, 6.45) is 12.5. The van der Waals surface area contributed by atoms with E-state index in [9.17, 15) is 4.79 Å². The van der Waals surface area contributed by atoms with Crippen molar-refractivity contribution < 1.29 is 4.79 Å². The van der Waals surface area contributed by atoms with E-state index in [4.69, 9.17) is 0 Å². The van der Waals surface area contributed by atoms with Gasteiger partial charge in [-0.3, -0.25) is 14.6 Å². The lowest BCUT2D eigenvalue weighted by molar-refractivity contribution is 0.0927. The largest absolute Gasteiger partial charge is 0.349 e. The summed E-state index contributed by atoms with van der Waals surface area (Å²) in [5, 5.41) is 3.28. The molecule has 1 saturated carbocycles. The normalized spacial score (nSPS) is 22.5. The third-order valence-electron chi connectivity index (χ3n) is 8.88. The highest BCUT2D eigenvalue weighted by molar-refractivity contribution is 5.94. The molecule has 0 bridgehead atoms. The molecule has 1 aliphatic carbocycles. The van der Waals surface area contributed by atoms with E-state index < -0.39 is 0 Å². The zero-order valence-electron chi connectivity index (χ0n) is 24.0. The van der Waals surface area contributed by atoms with Crippen molar-refractivity contribution >= 4 is 5.91 Å². The van der Waals surface area contributed by atoms with Crippen molar-refractivity contribution in [3.63, 3.8) is 0 Å². The van der Waals surface area contributed by atoms with Gasteiger partial charge in [-0.2, -0.15) is 0 Å². The van der Waals surface area contributed by atoms with Crippen LogP contribution in [0.1, 0.15) is 105 Å². The van der Waals surface area contributed by atoms with Crippen LogP contribution in [-0.4, -0.2) is 53.5 Å². The molecule has 2 fully saturated rings. The van der Waals surface area contributed by atoms with Crippen LogP contribution in [-0.2, 0) is 6.42 Å². The fraction of sp³-hybridized carbons (Fsp3) is 0.559. The predicted octanol–water partition coefficient (Wildman–Crippen LogP) is 7.15. The number of hydrogen-bond donors (Lipinski definition) is 1. The maximum absolute atomic E-state index is 13.0. The molecule has 3 unspecified atom stereocenters. The molecule has 1 N–H and O–H groups in total. The van der Waals surface area contributed by atoms with Gasteiger partial charge in [-0.05, 0) is 67.3 Å². The lowest BCUT2D eigenvalue weighted by Crippen LogP contribution is -2.45. The molecular weight excluding hydrogens is 466 g/mol. The average molecular weight is 516 g/mol. The molecule has 1 saturated heterocycles. The topological polar surface area (TPSA) is 35.6 Å². The van der Waals surface area contributed by atoms with Crippen LogP contribution in [0.15, 0.2) is 61.2 Å². The van der Waals surface area contributed by atoms with Crippen molar-refractivity contribution in [3.8, 4) is 0 Å². The molecule has 1 amide bonds. The van der Waals surface area contributed by atoms with Gasteiger partial charge in [0.05, 0.1) is 6.04 Å². The van der Waals surface area contributed by atoms with Crippen LogP contribution in [0.4, 0.5) is 0 Å². The predicted molar refractivity (Wildman–Crippen MR) is 160 cm³/mol. The van der Waals surface area contributed by atoms with Crippen LogP contribution >= 0.6 is 0 Å². The number of benzene rings is 2. The van der Waals surface area contributed by atoms with Crippen molar-refractivity contribution in [2.75, 3.05) is 19.6 Å². The Labute approximate surface area is 231 Å². The lowest BCUT2D eigenvalue weighted by Gasteiger charge is -2.37. The molecule has 1 heterocycles. The summed E-state index contributed by atoms with van der Waals surface area (Å²) in [5.41, 5.74) is 4.76. The van der Waals surface area contributed by atoms with E-state index in [1.807, 2.05) is 12.1 Å². The quantitative estimate of drug-likeness (QED) is 0.341. The van der Waals surface area contributed by atoms with Gasteiger partial charge in [0.2, 0.25) is 0 Å². The summed E-state index contributed by atoms with van der Waals surface area (Å²) in [6.45, 7) is 14.0. The van der Waals surface area contributed by atoms with Crippen molar-refractivity contribution in [3.05, 3.63) is 83.4 Å². The van der Waals surface area contributed by atoms with Gasteiger partial charge in [0.1, 0.15) is 0 Å². The molecule has 2 aromatic carbocycles. The van der Waals surface area contributed by atoms with Gasteiger partial charge >= 0.3 is 0 Å². The minimum absolute atomic E-state index is 0.0691. The van der Waals surface area contributed by atoms with Crippen molar-refractivity contribution in [2.45, 2.75) is 103 Å². The molecule has 206 valence electrons.